The third kappa shape index (κ3) is 1.79. The molecule has 2 atom stereocenters. The number of hydrogen-bond donors (Lipinski definition) is 0. The van der Waals surface area contributed by atoms with Crippen LogP contribution in [0.3, 0.4) is 0 Å². The molecule has 6 rings (SSSR count). The zero-order chi connectivity index (χ0) is 14.1. The third-order valence-corrected chi connectivity index (χ3v) is 6.13. The summed E-state index contributed by atoms with van der Waals surface area (Å²) < 4.78 is 14.2. The Hall–Kier alpha value is -1.09. The van der Waals surface area contributed by atoms with Crippen LogP contribution in [-0.4, -0.2) is 16.8 Å². The molecule has 3 aliphatic heterocycles. The number of benzene rings is 1. The highest BCUT2D eigenvalue weighted by molar-refractivity contribution is 6.30. The summed E-state index contributed by atoms with van der Waals surface area (Å²) >= 11 is 6.01. The highest BCUT2D eigenvalue weighted by atomic mass is 35.5. The minimum absolute atomic E-state index is 0.204. The number of aliphatic imine (C=N–C) groups is 1. The Balaban J connectivity index is 1.66. The van der Waals surface area contributed by atoms with Gasteiger partial charge in [-0.1, -0.05) is 11.6 Å². The molecule has 1 aromatic carbocycles. The van der Waals surface area contributed by atoms with Crippen LogP contribution in [0.25, 0.3) is 0 Å². The summed E-state index contributed by atoms with van der Waals surface area (Å²) in [6.45, 7) is 0.678. The first-order chi connectivity index (χ1) is 10.2. The van der Waals surface area contributed by atoms with E-state index in [1.807, 2.05) is 6.07 Å². The molecule has 0 radical (unpaired) electrons. The predicted octanol–water partition coefficient (Wildman–Crippen LogP) is 4.53. The monoisotopic (exact) mass is 304 g/mol. The lowest BCUT2D eigenvalue weighted by Gasteiger charge is -2.39. The zero-order valence-electron chi connectivity index (χ0n) is 11.9. The summed E-state index contributed by atoms with van der Waals surface area (Å²) in [5.74, 6) is 3.31. The lowest BCUT2D eigenvalue weighted by atomic mass is 9.68. The second kappa shape index (κ2) is 4.22. The standard InChI is InChI=1S/C17H18ClFN2/c18-12-6-15(19)14-8-21-13-4-9-1-10(5-13)3-11(2-9)17(21)20-16(14)7-12/h6-7,9-11,13H,1-5,8H2. The second-order valence-electron chi connectivity index (χ2n) is 7.24. The van der Waals surface area contributed by atoms with Crippen LogP contribution in [0.1, 0.15) is 37.7 Å². The van der Waals surface area contributed by atoms with Gasteiger partial charge in [0, 0.05) is 29.1 Å². The molecule has 2 saturated heterocycles. The van der Waals surface area contributed by atoms with Crippen molar-refractivity contribution in [2.75, 3.05) is 0 Å². The van der Waals surface area contributed by atoms with Crippen LogP contribution in [0.15, 0.2) is 17.1 Å². The van der Waals surface area contributed by atoms with Crippen LogP contribution in [0.5, 0.6) is 0 Å². The van der Waals surface area contributed by atoms with Crippen LogP contribution in [0.2, 0.25) is 5.02 Å². The molecule has 2 nitrogen and oxygen atoms in total. The van der Waals surface area contributed by atoms with Crippen molar-refractivity contribution in [2.24, 2.45) is 22.7 Å². The molecule has 2 saturated carbocycles. The number of hydrogen-bond acceptors (Lipinski definition) is 2. The molecule has 4 fully saturated rings. The minimum Gasteiger partial charge on any atom is -0.352 e. The fourth-order valence-electron chi connectivity index (χ4n) is 5.21. The fourth-order valence-corrected chi connectivity index (χ4v) is 5.41. The molecule has 2 unspecified atom stereocenters. The second-order valence-corrected chi connectivity index (χ2v) is 7.68. The lowest BCUT2D eigenvalue weighted by molar-refractivity contribution is 0.127. The van der Waals surface area contributed by atoms with Crippen molar-refractivity contribution in [1.29, 1.82) is 0 Å². The van der Waals surface area contributed by atoms with Crippen molar-refractivity contribution < 1.29 is 4.39 Å². The SMILES string of the molecule is Fc1cc(Cl)cc2c1CN1C(=N2)C2CC3CC(C2)CC1C3. The number of rotatable bonds is 0. The van der Waals surface area contributed by atoms with Crippen LogP contribution < -0.4 is 0 Å². The minimum atomic E-state index is -0.204. The van der Waals surface area contributed by atoms with Crippen molar-refractivity contribution in [3.05, 3.63) is 28.5 Å². The van der Waals surface area contributed by atoms with E-state index in [4.69, 9.17) is 16.6 Å². The Bertz CT molecular complexity index is 642. The summed E-state index contributed by atoms with van der Waals surface area (Å²) in [7, 11) is 0. The summed E-state index contributed by atoms with van der Waals surface area (Å²) in [5.41, 5.74) is 1.48. The Labute approximate surface area is 129 Å². The Morgan fingerprint density at radius 1 is 1.10 bits per heavy atom. The van der Waals surface area contributed by atoms with Crippen LogP contribution >= 0.6 is 11.6 Å². The summed E-state index contributed by atoms with van der Waals surface area (Å²) in [4.78, 5) is 7.28. The number of nitrogens with zero attached hydrogens (tertiary/aromatic N) is 2. The quantitative estimate of drug-likeness (QED) is 0.687. The number of fused-ring (bicyclic) bond motifs is 1. The lowest BCUT2D eigenvalue weighted by Crippen LogP contribution is -2.42. The third-order valence-electron chi connectivity index (χ3n) is 5.91. The van der Waals surface area contributed by atoms with Gasteiger partial charge in [-0.3, -0.25) is 0 Å². The summed E-state index contributed by atoms with van der Waals surface area (Å²) in [6.07, 6.45) is 6.51. The average molecular weight is 305 g/mol. The molecule has 3 heterocycles. The first-order valence-electron chi connectivity index (χ1n) is 8.00. The van der Waals surface area contributed by atoms with Gasteiger partial charge in [0.1, 0.15) is 11.7 Å². The van der Waals surface area contributed by atoms with Gasteiger partial charge in [0.05, 0.1) is 5.69 Å². The molecule has 0 aromatic heterocycles. The molecule has 0 N–H and O–H groups in total. The summed E-state index contributed by atoms with van der Waals surface area (Å²) in [6, 6.07) is 3.81. The molecule has 4 heteroatoms. The van der Waals surface area contributed by atoms with Crippen molar-refractivity contribution in [2.45, 2.75) is 44.7 Å². The Morgan fingerprint density at radius 3 is 2.62 bits per heavy atom. The highest BCUT2D eigenvalue weighted by Crippen LogP contribution is 2.50. The molecule has 1 aromatic rings. The van der Waals surface area contributed by atoms with E-state index in [2.05, 4.69) is 4.90 Å². The number of halogens is 2. The van der Waals surface area contributed by atoms with E-state index in [1.54, 1.807) is 0 Å². The maximum Gasteiger partial charge on any atom is 0.131 e. The van der Waals surface area contributed by atoms with E-state index in [-0.39, 0.29) is 5.82 Å². The van der Waals surface area contributed by atoms with Crippen molar-refractivity contribution in [1.82, 2.24) is 4.90 Å². The molecule has 21 heavy (non-hydrogen) atoms. The molecule has 0 amide bonds. The van der Waals surface area contributed by atoms with Crippen LogP contribution in [0, 0.1) is 23.6 Å². The Morgan fingerprint density at radius 2 is 1.86 bits per heavy atom. The molecular formula is C17H18ClFN2. The fraction of sp³-hybridized carbons (Fsp3) is 0.588. The molecule has 5 aliphatic rings. The zero-order valence-corrected chi connectivity index (χ0v) is 12.6. The van der Waals surface area contributed by atoms with E-state index in [1.165, 1.54) is 44.0 Å². The van der Waals surface area contributed by atoms with Crippen LogP contribution in [0.4, 0.5) is 10.1 Å². The topological polar surface area (TPSA) is 15.6 Å². The van der Waals surface area contributed by atoms with Crippen molar-refractivity contribution in [3.63, 3.8) is 0 Å². The van der Waals surface area contributed by atoms with Gasteiger partial charge in [0.15, 0.2) is 0 Å². The molecular weight excluding hydrogens is 287 g/mol. The molecule has 2 aliphatic carbocycles. The maximum absolute atomic E-state index is 14.2. The van der Waals surface area contributed by atoms with Gasteiger partial charge in [-0.25, -0.2) is 9.38 Å². The average Bonchev–Trinajstić information content (AvgIpc) is 2.59. The van der Waals surface area contributed by atoms with E-state index in [0.29, 0.717) is 23.5 Å². The van der Waals surface area contributed by atoms with Gasteiger partial charge in [-0.15, -0.1) is 0 Å². The van der Waals surface area contributed by atoms with Crippen molar-refractivity contribution in [3.8, 4) is 0 Å². The van der Waals surface area contributed by atoms with Gasteiger partial charge in [-0.05, 0) is 56.1 Å². The largest absolute Gasteiger partial charge is 0.352 e. The molecule has 4 bridgehead atoms. The Kier molecular flexibility index (Phi) is 2.50. The van der Waals surface area contributed by atoms with Crippen molar-refractivity contribution >= 4 is 23.1 Å². The smallest absolute Gasteiger partial charge is 0.131 e. The van der Waals surface area contributed by atoms with E-state index < -0.39 is 0 Å². The first kappa shape index (κ1) is 12.5. The van der Waals surface area contributed by atoms with E-state index in [0.717, 1.165) is 23.1 Å². The van der Waals surface area contributed by atoms with E-state index >= 15 is 0 Å². The summed E-state index contributed by atoms with van der Waals surface area (Å²) in [5, 5.41) is 0.448. The normalized spacial score (nSPS) is 36.1. The van der Waals surface area contributed by atoms with Gasteiger partial charge < -0.3 is 4.90 Å². The maximum atomic E-state index is 14.2. The number of amidine groups is 1. The van der Waals surface area contributed by atoms with Gasteiger partial charge in [0.25, 0.3) is 0 Å². The van der Waals surface area contributed by atoms with Crippen LogP contribution in [-0.2, 0) is 6.54 Å². The van der Waals surface area contributed by atoms with Gasteiger partial charge in [0.2, 0.25) is 0 Å². The molecule has 0 spiro atoms. The molecule has 110 valence electrons. The van der Waals surface area contributed by atoms with Gasteiger partial charge in [-0.2, -0.15) is 0 Å². The predicted molar refractivity (Wildman–Crippen MR) is 81.4 cm³/mol. The van der Waals surface area contributed by atoms with E-state index in [9.17, 15) is 4.39 Å². The first-order valence-corrected chi connectivity index (χ1v) is 8.38. The van der Waals surface area contributed by atoms with Gasteiger partial charge >= 0.3 is 0 Å². The highest BCUT2D eigenvalue weighted by Gasteiger charge is 2.46.